The van der Waals surface area contributed by atoms with Gasteiger partial charge in [0.05, 0.1) is 22.8 Å². The van der Waals surface area contributed by atoms with E-state index in [1.165, 1.54) is 45.0 Å². The van der Waals surface area contributed by atoms with Crippen LogP contribution in [-0.2, 0) is 24.0 Å². The van der Waals surface area contributed by atoms with Crippen LogP contribution >= 0.6 is 0 Å². The lowest BCUT2D eigenvalue weighted by atomic mass is 9.67. The number of anilines is 1. The van der Waals surface area contributed by atoms with Gasteiger partial charge in [-0.1, -0.05) is 11.6 Å². The second kappa shape index (κ2) is 8.13. The third-order valence-electron chi connectivity index (χ3n) is 7.51. The molecule has 0 bridgehead atoms. The number of fused-ring (bicyclic) bond motifs is 1. The number of Topliss-reactive ketones (excluding diaryl/α,β-unsaturated/α-hetero) is 1. The molecule has 0 saturated heterocycles. The molecule has 2 N–H and O–H groups in total. The molecule has 35 heavy (non-hydrogen) atoms. The van der Waals surface area contributed by atoms with E-state index in [1.54, 1.807) is 13.0 Å². The van der Waals surface area contributed by atoms with Gasteiger partial charge in [-0.15, -0.1) is 5.06 Å². The first kappa shape index (κ1) is 24.8. The quantitative estimate of drug-likeness (QED) is 0.493. The summed E-state index contributed by atoms with van der Waals surface area (Å²) in [6.45, 7) is 7.29. The molecular formula is C26H29NO8. The van der Waals surface area contributed by atoms with Gasteiger partial charge in [0.15, 0.2) is 5.78 Å². The van der Waals surface area contributed by atoms with Crippen LogP contribution in [0.3, 0.4) is 0 Å². The van der Waals surface area contributed by atoms with Crippen molar-refractivity contribution in [3.05, 3.63) is 52.6 Å². The van der Waals surface area contributed by atoms with Crippen LogP contribution in [-0.4, -0.2) is 52.2 Å². The molecule has 1 aromatic carbocycles. The molecule has 9 heteroatoms. The minimum absolute atomic E-state index is 0.188. The van der Waals surface area contributed by atoms with E-state index in [0.717, 1.165) is 10.6 Å². The lowest BCUT2D eigenvalue weighted by molar-refractivity contribution is -0.147. The van der Waals surface area contributed by atoms with Gasteiger partial charge in [-0.3, -0.25) is 9.59 Å². The molecule has 0 radical (unpaired) electrons. The third kappa shape index (κ3) is 3.79. The molecule has 9 nitrogen and oxygen atoms in total. The summed E-state index contributed by atoms with van der Waals surface area (Å²) in [5, 5.41) is 22.9. The van der Waals surface area contributed by atoms with Gasteiger partial charge >= 0.3 is 11.9 Å². The second-order valence-corrected chi connectivity index (χ2v) is 10.0. The maximum absolute atomic E-state index is 13.1. The highest BCUT2D eigenvalue weighted by atomic mass is 16.7. The summed E-state index contributed by atoms with van der Waals surface area (Å²) in [5.74, 6) is -2.26. The topological polar surface area (TPSA) is 130 Å². The van der Waals surface area contributed by atoms with Gasteiger partial charge in [0, 0.05) is 24.8 Å². The molecule has 1 unspecified atom stereocenters. The number of carbonyl (C=O) groups is 4. The number of hydrogen-bond acceptors (Lipinski definition) is 8. The van der Waals surface area contributed by atoms with Crippen molar-refractivity contribution in [1.29, 1.82) is 0 Å². The van der Waals surface area contributed by atoms with Crippen molar-refractivity contribution >= 4 is 29.3 Å². The molecule has 4 rings (SSSR count). The van der Waals surface area contributed by atoms with Gasteiger partial charge in [0.25, 0.3) is 5.91 Å². The van der Waals surface area contributed by atoms with E-state index >= 15 is 0 Å². The smallest absolute Gasteiger partial charge is 0.338 e. The van der Waals surface area contributed by atoms with Crippen LogP contribution in [0.25, 0.3) is 0 Å². The van der Waals surface area contributed by atoms with Gasteiger partial charge in [-0.05, 0) is 63.5 Å². The van der Waals surface area contributed by atoms with Crippen molar-refractivity contribution in [2.24, 2.45) is 10.8 Å². The highest BCUT2D eigenvalue weighted by molar-refractivity contribution is 6.09. The Morgan fingerprint density at radius 3 is 2.23 bits per heavy atom. The number of hydrogen-bond donors (Lipinski definition) is 2. The Morgan fingerprint density at radius 2 is 1.71 bits per heavy atom. The van der Waals surface area contributed by atoms with E-state index in [0.29, 0.717) is 18.4 Å². The predicted octanol–water partition coefficient (Wildman–Crippen LogP) is 2.41. The van der Waals surface area contributed by atoms with E-state index in [2.05, 4.69) is 0 Å². The Bertz CT molecular complexity index is 1190. The van der Waals surface area contributed by atoms with Crippen LogP contribution in [0.15, 0.2) is 47.1 Å². The molecule has 1 aromatic rings. The number of rotatable bonds is 4. The van der Waals surface area contributed by atoms with Crippen LogP contribution in [0.5, 0.6) is 0 Å². The number of aliphatic hydroxyl groups is 2. The monoisotopic (exact) mass is 483 g/mol. The summed E-state index contributed by atoms with van der Waals surface area (Å²) in [6, 6.07) is 5.72. The third-order valence-corrected chi connectivity index (χ3v) is 7.51. The Labute approximate surface area is 203 Å². The van der Waals surface area contributed by atoms with Crippen LogP contribution in [0.1, 0.15) is 57.8 Å². The molecule has 3 aliphatic rings. The maximum Gasteiger partial charge on any atom is 0.338 e. The summed E-state index contributed by atoms with van der Waals surface area (Å²) < 4.78 is 5.49. The summed E-state index contributed by atoms with van der Waals surface area (Å²) in [4.78, 5) is 53.6. The van der Waals surface area contributed by atoms with Gasteiger partial charge in [-0.25, -0.2) is 9.59 Å². The Balaban J connectivity index is 1.51. The number of nitrogens with zero attached hydrogens (tertiary/aromatic N) is 1. The molecule has 1 saturated carbocycles. The maximum atomic E-state index is 13.1. The minimum Gasteiger partial charge on any atom is -0.461 e. The van der Waals surface area contributed by atoms with Crippen molar-refractivity contribution in [3.63, 3.8) is 0 Å². The first-order chi connectivity index (χ1) is 16.2. The molecule has 0 aromatic heterocycles. The molecule has 186 valence electrons. The molecule has 3 atom stereocenters. The molecule has 0 aliphatic heterocycles. The largest absolute Gasteiger partial charge is 0.461 e. The number of carbonyl (C=O) groups excluding carboxylic acids is 4. The molecule has 1 spiro atoms. The number of aliphatic hydroxyl groups excluding tert-OH is 1. The first-order valence-electron chi connectivity index (χ1n) is 11.4. The van der Waals surface area contributed by atoms with Crippen LogP contribution in [0.2, 0.25) is 0 Å². The van der Waals surface area contributed by atoms with Crippen molar-refractivity contribution in [3.8, 4) is 0 Å². The average Bonchev–Trinajstić information content (AvgIpc) is 3.57. The standard InChI is InChI=1S/C26H29NO8/c1-14-20-19(21(30)25(5,33)26(14)10-11-26)12-24(4,22(20)31)13-34-23(32)17-6-8-18(9-7-17)27(15(2)28)35-16(3)29/h6-9,12,22,31,33H,10-11,13H2,1-5H3/t22?,24-,25-/m0/s1. The van der Waals surface area contributed by atoms with Crippen molar-refractivity contribution in [1.82, 2.24) is 0 Å². The van der Waals surface area contributed by atoms with E-state index in [-0.39, 0.29) is 23.4 Å². The average molecular weight is 484 g/mol. The Morgan fingerprint density at radius 1 is 1.11 bits per heavy atom. The molecular weight excluding hydrogens is 454 g/mol. The molecule has 1 fully saturated rings. The molecule has 0 heterocycles. The fourth-order valence-corrected chi connectivity index (χ4v) is 5.23. The first-order valence-corrected chi connectivity index (χ1v) is 11.4. The lowest BCUT2D eigenvalue weighted by Gasteiger charge is -2.39. The number of benzene rings is 1. The summed E-state index contributed by atoms with van der Waals surface area (Å²) in [6.07, 6.45) is 1.91. The fraction of sp³-hybridized carbons (Fsp3) is 0.462. The van der Waals surface area contributed by atoms with Gasteiger partial charge in [-0.2, -0.15) is 0 Å². The normalized spacial score (nSPS) is 28.4. The number of ketones is 1. The van der Waals surface area contributed by atoms with Crippen molar-refractivity contribution in [2.75, 3.05) is 11.7 Å². The Kier molecular flexibility index (Phi) is 5.77. The van der Waals surface area contributed by atoms with Crippen LogP contribution in [0, 0.1) is 10.8 Å². The van der Waals surface area contributed by atoms with Crippen LogP contribution in [0.4, 0.5) is 5.69 Å². The zero-order chi connectivity index (χ0) is 25.9. The summed E-state index contributed by atoms with van der Waals surface area (Å²) in [5.41, 5.74) is -1.14. The zero-order valence-electron chi connectivity index (χ0n) is 20.4. The van der Waals surface area contributed by atoms with Gasteiger partial charge < -0.3 is 19.8 Å². The van der Waals surface area contributed by atoms with Gasteiger partial charge in [0.1, 0.15) is 12.2 Å². The summed E-state index contributed by atoms with van der Waals surface area (Å²) in [7, 11) is 0. The van der Waals surface area contributed by atoms with Crippen LogP contribution < -0.4 is 5.06 Å². The highest BCUT2D eigenvalue weighted by Gasteiger charge is 2.66. The zero-order valence-corrected chi connectivity index (χ0v) is 20.4. The highest BCUT2D eigenvalue weighted by Crippen LogP contribution is 2.65. The second-order valence-electron chi connectivity index (χ2n) is 10.0. The fourth-order valence-electron chi connectivity index (χ4n) is 5.23. The molecule has 3 aliphatic carbocycles. The van der Waals surface area contributed by atoms with E-state index in [4.69, 9.17) is 9.57 Å². The van der Waals surface area contributed by atoms with E-state index in [1.807, 2.05) is 6.92 Å². The predicted molar refractivity (Wildman–Crippen MR) is 124 cm³/mol. The lowest BCUT2D eigenvalue weighted by Crippen LogP contribution is -2.50. The SMILES string of the molecule is CC(=O)ON(C(C)=O)c1ccc(C(=O)OC[C@]2(C)C=C3C(=O)[C@](C)(O)C4(CC4)C(C)=C3C2O)cc1. The Hall–Kier alpha value is -3.30. The number of amides is 1. The number of ether oxygens (including phenoxy) is 1. The number of hydroxylamine groups is 1. The minimum atomic E-state index is -1.53. The molecule has 1 amide bonds. The van der Waals surface area contributed by atoms with E-state index in [9.17, 15) is 29.4 Å². The van der Waals surface area contributed by atoms with E-state index < -0.39 is 46.2 Å². The number of esters is 1. The van der Waals surface area contributed by atoms with Crippen molar-refractivity contribution in [2.45, 2.75) is 59.2 Å². The van der Waals surface area contributed by atoms with Gasteiger partial charge in [0.2, 0.25) is 0 Å². The van der Waals surface area contributed by atoms with Crippen molar-refractivity contribution < 1.29 is 39.0 Å². The summed E-state index contributed by atoms with van der Waals surface area (Å²) >= 11 is 0.